The van der Waals surface area contributed by atoms with E-state index in [-0.39, 0.29) is 6.54 Å². The lowest BCUT2D eigenvalue weighted by Gasteiger charge is -2.05. The Hall–Kier alpha value is -0.540. The first kappa shape index (κ1) is 9.46. The van der Waals surface area contributed by atoms with Crippen LogP contribution in [0.3, 0.4) is 0 Å². The van der Waals surface area contributed by atoms with Crippen LogP contribution in [0.2, 0.25) is 0 Å². The molecule has 0 atom stereocenters. The zero-order valence-electron chi connectivity index (χ0n) is 5.75. The number of carboxylic acids is 1. The van der Waals surface area contributed by atoms with Gasteiger partial charge in [-0.25, -0.2) is 4.42 Å². The summed E-state index contributed by atoms with van der Waals surface area (Å²) < 4.78 is 1.20. The van der Waals surface area contributed by atoms with Crippen LogP contribution >= 0.6 is 11.8 Å². The molecule has 0 aliphatic heterocycles. The Kier molecular flexibility index (Phi) is 4.98. The lowest BCUT2D eigenvalue weighted by atomic mass is 10.5. The molecule has 0 amide bonds. The van der Waals surface area contributed by atoms with E-state index in [0.29, 0.717) is 6.54 Å². The number of allylic oxidation sites excluding steroid dienone is 1. The second-order valence-electron chi connectivity index (χ2n) is 1.77. The molecule has 0 bridgehead atoms. The number of aliphatic carboxylic acids is 1. The maximum absolute atomic E-state index is 10.0. The van der Waals surface area contributed by atoms with Crippen molar-refractivity contribution in [3.05, 3.63) is 12.2 Å². The summed E-state index contributed by atoms with van der Waals surface area (Å²) in [6.07, 6.45) is 3.60. The van der Waals surface area contributed by atoms with Crippen molar-refractivity contribution in [2.45, 2.75) is 6.92 Å². The van der Waals surface area contributed by atoms with E-state index in [0.717, 1.165) is 0 Å². The van der Waals surface area contributed by atoms with Gasteiger partial charge in [-0.05, 0) is 18.7 Å². The van der Waals surface area contributed by atoms with Crippen LogP contribution in [0.25, 0.3) is 0 Å². The molecule has 10 heavy (non-hydrogen) atoms. The zero-order chi connectivity index (χ0) is 7.98. The minimum atomic E-state index is -0.917. The number of rotatable bonds is 4. The molecule has 0 heterocycles. The minimum absolute atomic E-state index is 0.133. The molecule has 0 aliphatic rings. The molecule has 4 heteroatoms. The summed E-state index contributed by atoms with van der Waals surface area (Å²) in [6.45, 7) is 2.18. The molecule has 0 aromatic carbocycles. The number of carboxylic acid groups (broad SMARTS) is 1. The molecule has 1 N–H and O–H groups in total. The van der Waals surface area contributed by atoms with E-state index in [1.54, 1.807) is 6.08 Å². The Labute approximate surface area is 65.0 Å². The van der Waals surface area contributed by atoms with Crippen LogP contribution in [0, 0.1) is 0 Å². The summed E-state index contributed by atoms with van der Waals surface area (Å²) in [4.78, 5) is 10.0. The van der Waals surface area contributed by atoms with Crippen molar-refractivity contribution in [1.29, 1.82) is 0 Å². The van der Waals surface area contributed by atoms with Crippen molar-refractivity contribution >= 4 is 17.7 Å². The highest BCUT2D eigenvalue weighted by atomic mass is 35.5. The smallest absolute Gasteiger partial charge is 0.319 e. The number of hydrogen-bond acceptors (Lipinski definition) is 2. The molecule has 0 aromatic heterocycles. The Morgan fingerprint density at radius 2 is 2.40 bits per heavy atom. The van der Waals surface area contributed by atoms with E-state index < -0.39 is 5.97 Å². The zero-order valence-corrected chi connectivity index (χ0v) is 6.51. The van der Waals surface area contributed by atoms with Crippen LogP contribution in [-0.4, -0.2) is 28.6 Å². The van der Waals surface area contributed by atoms with E-state index in [1.165, 1.54) is 4.42 Å². The molecule has 0 radical (unpaired) electrons. The van der Waals surface area contributed by atoms with Gasteiger partial charge in [0.15, 0.2) is 0 Å². The highest BCUT2D eigenvalue weighted by Crippen LogP contribution is 1.92. The summed E-state index contributed by atoms with van der Waals surface area (Å²) in [5, 5.41) is 8.23. The fourth-order valence-electron chi connectivity index (χ4n) is 0.431. The van der Waals surface area contributed by atoms with Crippen molar-refractivity contribution in [3.8, 4) is 0 Å². The number of halogens is 1. The summed E-state index contributed by atoms with van der Waals surface area (Å²) in [7, 11) is 0. The Morgan fingerprint density at radius 3 is 2.80 bits per heavy atom. The lowest BCUT2D eigenvalue weighted by molar-refractivity contribution is -0.137. The molecule has 0 unspecified atom stereocenters. The van der Waals surface area contributed by atoms with Gasteiger partial charge in [0.25, 0.3) is 0 Å². The molecule has 0 aromatic rings. The van der Waals surface area contributed by atoms with Crippen LogP contribution in [0.15, 0.2) is 12.2 Å². The molecule has 0 aliphatic carbocycles. The molecule has 58 valence electrons. The highest BCUT2D eigenvalue weighted by molar-refractivity contribution is 6.14. The maximum atomic E-state index is 10.0. The van der Waals surface area contributed by atoms with Crippen molar-refractivity contribution < 1.29 is 9.90 Å². The fourth-order valence-corrected chi connectivity index (χ4v) is 0.613. The van der Waals surface area contributed by atoms with Crippen LogP contribution < -0.4 is 0 Å². The standard InChI is InChI=1S/C6H10ClNO2/c1-2-3-4-8(7)5-6(9)10/h2-3H,4-5H2,1H3,(H,9,10). The van der Waals surface area contributed by atoms with Crippen LogP contribution in [-0.2, 0) is 4.79 Å². The van der Waals surface area contributed by atoms with Crippen LogP contribution in [0.5, 0.6) is 0 Å². The summed E-state index contributed by atoms with van der Waals surface area (Å²) in [5.74, 6) is -0.917. The quantitative estimate of drug-likeness (QED) is 0.499. The van der Waals surface area contributed by atoms with Gasteiger partial charge in [0.1, 0.15) is 6.54 Å². The number of nitrogens with zero attached hydrogens (tertiary/aromatic N) is 1. The van der Waals surface area contributed by atoms with Crippen molar-refractivity contribution in [3.63, 3.8) is 0 Å². The largest absolute Gasteiger partial charge is 0.480 e. The van der Waals surface area contributed by atoms with Gasteiger partial charge in [-0.2, -0.15) is 0 Å². The first-order valence-corrected chi connectivity index (χ1v) is 3.24. The fraction of sp³-hybridized carbons (Fsp3) is 0.500. The number of hydrogen-bond donors (Lipinski definition) is 1. The molecular formula is C6H10ClNO2. The van der Waals surface area contributed by atoms with Gasteiger partial charge in [0.2, 0.25) is 0 Å². The van der Waals surface area contributed by atoms with E-state index in [1.807, 2.05) is 13.0 Å². The highest BCUT2D eigenvalue weighted by Gasteiger charge is 2.02. The minimum Gasteiger partial charge on any atom is -0.480 e. The Balaban J connectivity index is 3.43. The van der Waals surface area contributed by atoms with Gasteiger partial charge in [-0.15, -0.1) is 0 Å². The summed E-state index contributed by atoms with van der Waals surface area (Å²) in [5.41, 5.74) is 0. The van der Waals surface area contributed by atoms with Crippen molar-refractivity contribution in [1.82, 2.24) is 4.42 Å². The third-order valence-electron chi connectivity index (χ3n) is 0.846. The van der Waals surface area contributed by atoms with Crippen molar-refractivity contribution in [2.75, 3.05) is 13.1 Å². The predicted molar refractivity (Wildman–Crippen MR) is 39.9 cm³/mol. The average Bonchev–Trinajstić information content (AvgIpc) is 1.82. The summed E-state index contributed by atoms with van der Waals surface area (Å²) >= 11 is 5.46. The normalized spacial score (nSPS) is 11.1. The molecule has 0 saturated carbocycles. The topological polar surface area (TPSA) is 40.5 Å². The second-order valence-corrected chi connectivity index (χ2v) is 2.24. The van der Waals surface area contributed by atoms with Gasteiger partial charge in [0, 0.05) is 6.54 Å². The molecule has 3 nitrogen and oxygen atoms in total. The molecular weight excluding hydrogens is 154 g/mol. The van der Waals surface area contributed by atoms with E-state index in [2.05, 4.69) is 0 Å². The van der Waals surface area contributed by atoms with Crippen LogP contribution in [0.1, 0.15) is 6.92 Å². The van der Waals surface area contributed by atoms with Crippen molar-refractivity contribution in [2.24, 2.45) is 0 Å². The van der Waals surface area contributed by atoms with E-state index in [9.17, 15) is 4.79 Å². The SMILES string of the molecule is CC=CCN(Cl)CC(=O)O. The third kappa shape index (κ3) is 5.59. The molecule has 0 fully saturated rings. The number of carbonyl (C=O) groups is 1. The second kappa shape index (κ2) is 5.26. The first-order chi connectivity index (χ1) is 4.66. The maximum Gasteiger partial charge on any atom is 0.319 e. The van der Waals surface area contributed by atoms with Gasteiger partial charge in [-0.1, -0.05) is 12.2 Å². The lowest BCUT2D eigenvalue weighted by Crippen LogP contribution is -2.20. The van der Waals surface area contributed by atoms with Gasteiger partial charge in [-0.3, -0.25) is 4.79 Å². The predicted octanol–water partition coefficient (Wildman–Crippen LogP) is 1.10. The third-order valence-corrected chi connectivity index (χ3v) is 1.10. The van der Waals surface area contributed by atoms with Crippen LogP contribution in [0.4, 0.5) is 0 Å². The van der Waals surface area contributed by atoms with Gasteiger partial charge < -0.3 is 5.11 Å². The van der Waals surface area contributed by atoms with E-state index in [4.69, 9.17) is 16.9 Å². The van der Waals surface area contributed by atoms with Gasteiger partial charge >= 0.3 is 5.97 Å². The van der Waals surface area contributed by atoms with Gasteiger partial charge in [0.05, 0.1) is 0 Å². The Morgan fingerprint density at radius 1 is 1.80 bits per heavy atom. The summed E-state index contributed by atoms with van der Waals surface area (Å²) in [6, 6.07) is 0. The first-order valence-electron chi connectivity index (χ1n) is 2.90. The Bertz CT molecular complexity index is 136. The van der Waals surface area contributed by atoms with E-state index >= 15 is 0 Å². The molecule has 0 spiro atoms. The monoisotopic (exact) mass is 163 g/mol. The molecule has 0 rings (SSSR count). The average molecular weight is 164 g/mol. The molecule has 0 saturated heterocycles.